The van der Waals surface area contributed by atoms with Gasteiger partial charge in [-0.05, 0) is 32.3 Å². The molecule has 0 saturated carbocycles. The Morgan fingerprint density at radius 2 is 2.00 bits per heavy atom. The van der Waals surface area contributed by atoms with Crippen LogP contribution in [0.25, 0.3) is 0 Å². The van der Waals surface area contributed by atoms with Crippen molar-refractivity contribution in [2.24, 2.45) is 5.73 Å². The van der Waals surface area contributed by atoms with Crippen LogP contribution in [-0.2, 0) is 5.60 Å². The molecule has 1 heterocycles. The van der Waals surface area contributed by atoms with Crippen LogP contribution in [0, 0.1) is 0 Å². The monoisotopic (exact) mass is 262 g/mol. The Labute approximate surface area is 116 Å². The smallest absolute Gasteiger partial charge is 0.0995 e. The number of nitrogens with zero attached hydrogens (tertiary/aromatic N) is 1. The molecule has 3 heteroatoms. The zero-order valence-corrected chi connectivity index (χ0v) is 12.0. The van der Waals surface area contributed by atoms with Crippen molar-refractivity contribution >= 4 is 0 Å². The van der Waals surface area contributed by atoms with Gasteiger partial charge >= 0.3 is 0 Å². The Bertz CT molecular complexity index is 391. The third-order valence-corrected chi connectivity index (χ3v) is 4.35. The van der Waals surface area contributed by atoms with Crippen LogP contribution in [-0.4, -0.2) is 35.2 Å². The standard InChI is InChI=1S/C16H26N2O/c1-13-7-6-10-15(11-17)18(13)12-16(2,19)14-8-4-3-5-9-14/h3-5,8-9,13,15,19H,6-7,10-12,17H2,1-2H3. The van der Waals surface area contributed by atoms with Crippen LogP contribution in [0.1, 0.15) is 38.7 Å². The number of hydrogen-bond donors (Lipinski definition) is 2. The van der Waals surface area contributed by atoms with Crippen molar-refractivity contribution in [2.45, 2.75) is 50.8 Å². The lowest BCUT2D eigenvalue weighted by Crippen LogP contribution is -2.53. The van der Waals surface area contributed by atoms with Gasteiger partial charge in [-0.1, -0.05) is 36.8 Å². The van der Waals surface area contributed by atoms with Crippen LogP contribution in [0.5, 0.6) is 0 Å². The average molecular weight is 262 g/mol. The molecule has 1 fully saturated rings. The number of benzene rings is 1. The quantitative estimate of drug-likeness (QED) is 0.873. The summed E-state index contributed by atoms with van der Waals surface area (Å²) in [7, 11) is 0. The summed E-state index contributed by atoms with van der Waals surface area (Å²) in [6.07, 6.45) is 3.58. The highest BCUT2D eigenvalue weighted by Gasteiger charge is 2.33. The molecule has 19 heavy (non-hydrogen) atoms. The van der Waals surface area contributed by atoms with Crippen molar-refractivity contribution in [2.75, 3.05) is 13.1 Å². The molecule has 0 radical (unpaired) electrons. The van der Waals surface area contributed by atoms with E-state index in [4.69, 9.17) is 5.73 Å². The van der Waals surface area contributed by atoms with E-state index in [-0.39, 0.29) is 0 Å². The highest BCUT2D eigenvalue weighted by atomic mass is 16.3. The Balaban J connectivity index is 2.13. The summed E-state index contributed by atoms with van der Waals surface area (Å²) in [6, 6.07) is 10.8. The molecule has 0 spiro atoms. The van der Waals surface area contributed by atoms with Crippen LogP contribution in [0.15, 0.2) is 30.3 Å². The normalized spacial score (nSPS) is 28.0. The Kier molecular flexibility index (Phi) is 4.61. The zero-order valence-electron chi connectivity index (χ0n) is 12.0. The van der Waals surface area contributed by atoms with Gasteiger partial charge < -0.3 is 10.8 Å². The predicted molar refractivity (Wildman–Crippen MR) is 78.9 cm³/mol. The van der Waals surface area contributed by atoms with E-state index < -0.39 is 5.60 Å². The second-order valence-corrected chi connectivity index (χ2v) is 5.98. The first-order valence-electron chi connectivity index (χ1n) is 7.28. The van der Waals surface area contributed by atoms with Gasteiger partial charge in [0, 0.05) is 25.2 Å². The van der Waals surface area contributed by atoms with Gasteiger partial charge in [0.1, 0.15) is 0 Å². The number of β-amino-alcohol motifs (C(OH)–C–C–N with tert-alkyl or cyclic N) is 1. The maximum atomic E-state index is 10.8. The maximum Gasteiger partial charge on any atom is 0.0995 e. The van der Waals surface area contributed by atoms with Gasteiger partial charge in [-0.3, -0.25) is 4.90 Å². The molecular formula is C16H26N2O. The summed E-state index contributed by atoms with van der Waals surface area (Å²) in [5.41, 5.74) is 6.05. The molecule has 1 aliphatic rings. The maximum absolute atomic E-state index is 10.8. The molecule has 1 aliphatic heterocycles. The molecule has 0 aromatic heterocycles. The predicted octanol–water partition coefficient (Wildman–Crippen LogP) is 2.10. The van der Waals surface area contributed by atoms with Gasteiger partial charge in [-0.15, -0.1) is 0 Å². The lowest BCUT2D eigenvalue weighted by molar-refractivity contribution is -0.0241. The number of piperidine rings is 1. The molecule has 3 unspecified atom stereocenters. The van der Waals surface area contributed by atoms with Crippen molar-refractivity contribution in [3.05, 3.63) is 35.9 Å². The summed E-state index contributed by atoms with van der Waals surface area (Å²) in [4.78, 5) is 2.39. The number of likely N-dealkylation sites (tertiary alicyclic amines) is 1. The third kappa shape index (κ3) is 3.35. The Morgan fingerprint density at radius 3 is 2.63 bits per heavy atom. The molecule has 3 atom stereocenters. The summed E-state index contributed by atoms with van der Waals surface area (Å²) in [5, 5.41) is 10.8. The largest absolute Gasteiger partial charge is 0.384 e. The molecule has 1 saturated heterocycles. The van der Waals surface area contributed by atoms with E-state index in [0.717, 1.165) is 12.0 Å². The molecule has 106 valence electrons. The van der Waals surface area contributed by atoms with Crippen molar-refractivity contribution < 1.29 is 5.11 Å². The van der Waals surface area contributed by atoms with E-state index in [1.807, 2.05) is 37.3 Å². The molecule has 0 aliphatic carbocycles. The Hall–Kier alpha value is -0.900. The van der Waals surface area contributed by atoms with E-state index >= 15 is 0 Å². The highest BCUT2D eigenvalue weighted by molar-refractivity contribution is 5.22. The third-order valence-electron chi connectivity index (χ3n) is 4.35. The van der Waals surface area contributed by atoms with E-state index in [0.29, 0.717) is 25.2 Å². The first-order chi connectivity index (χ1) is 9.04. The van der Waals surface area contributed by atoms with E-state index in [2.05, 4.69) is 11.8 Å². The lowest BCUT2D eigenvalue weighted by Gasteiger charge is -2.43. The first kappa shape index (κ1) is 14.5. The summed E-state index contributed by atoms with van der Waals surface area (Å²) in [6.45, 7) is 5.47. The first-order valence-corrected chi connectivity index (χ1v) is 7.28. The van der Waals surface area contributed by atoms with Crippen LogP contribution in [0.4, 0.5) is 0 Å². The van der Waals surface area contributed by atoms with E-state index in [1.165, 1.54) is 12.8 Å². The van der Waals surface area contributed by atoms with Gasteiger partial charge in [0.05, 0.1) is 5.60 Å². The van der Waals surface area contributed by atoms with Crippen molar-refractivity contribution in [1.82, 2.24) is 4.90 Å². The molecular weight excluding hydrogens is 236 g/mol. The minimum Gasteiger partial charge on any atom is -0.384 e. The summed E-state index contributed by atoms with van der Waals surface area (Å²) >= 11 is 0. The van der Waals surface area contributed by atoms with Crippen molar-refractivity contribution in [1.29, 1.82) is 0 Å². The SMILES string of the molecule is CC1CCCC(CN)N1CC(C)(O)c1ccccc1. The number of rotatable bonds is 4. The Morgan fingerprint density at radius 1 is 1.32 bits per heavy atom. The number of nitrogens with two attached hydrogens (primary N) is 1. The molecule has 1 aromatic rings. The van der Waals surface area contributed by atoms with Gasteiger partial charge in [-0.25, -0.2) is 0 Å². The van der Waals surface area contributed by atoms with Crippen LogP contribution in [0.3, 0.4) is 0 Å². The lowest BCUT2D eigenvalue weighted by atomic mass is 9.90. The van der Waals surface area contributed by atoms with Crippen LogP contribution in [0.2, 0.25) is 0 Å². The fourth-order valence-electron chi connectivity index (χ4n) is 3.12. The summed E-state index contributed by atoms with van der Waals surface area (Å²) in [5.74, 6) is 0. The van der Waals surface area contributed by atoms with Gasteiger partial charge in [0.2, 0.25) is 0 Å². The van der Waals surface area contributed by atoms with Crippen LogP contribution < -0.4 is 5.73 Å². The fourth-order valence-corrected chi connectivity index (χ4v) is 3.12. The zero-order chi connectivity index (χ0) is 13.9. The number of aliphatic hydroxyl groups is 1. The van der Waals surface area contributed by atoms with Gasteiger partial charge in [-0.2, -0.15) is 0 Å². The molecule has 0 amide bonds. The number of hydrogen-bond acceptors (Lipinski definition) is 3. The van der Waals surface area contributed by atoms with Gasteiger partial charge in [0.15, 0.2) is 0 Å². The van der Waals surface area contributed by atoms with Crippen molar-refractivity contribution in [3.8, 4) is 0 Å². The van der Waals surface area contributed by atoms with Crippen LogP contribution >= 0.6 is 0 Å². The molecule has 3 nitrogen and oxygen atoms in total. The van der Waals surface area contributed by atoms with Gasteiger partial charge in [0.25, 0.3) is 0 Å². The fraction of sp³-hybridized carbons (Fsp3) is 0.625. The average Bonchev–Trinajstić information content (AvgIpc) is 2.42. The second-order valence-electron chi connectivity index (χ2n) is 5.98. The minimum atomic E-state index is -0.819. The second kappa shape index (κ2) is 6.04. The van der Waals surface area contributed by atoms with E-state index in [1.54, 1.807) is 0 Å². The molecule has 2 rings (SSSR count). The van der Waals surface area contributed by atoms with E-state index in [9.17, 15) is 5.11 Å². The topological polar surface area (TPSA) is 49.5 Å². The highest BCUT2D eigenvalue weighted by Crippen LogP contribution is 2.28. The summed E-state index contributed by atoms with van der Waals surface area (Å²) < 4.78 is 0. The van der Waals surface area contributed by atoms with Crippen molar-refractivity contribution in [3.63, 3.8) is 0 Å². The molecule has 0 bridgehead atoms. The molecule has 1 aromatic carbocycles. The molecule has 3 N–H and O–H groups in total. The minimum absolute atomic E-state index is 0.402.